The Kier molecular flexibility index (Phi) is 4.56. The van der Waals surface area contributed by atoms with E-state index in [0.29, 0.717) is 6.54 Å². The maximum Gasteiger partial charge on any atom is 0.407 e. The number of aliphatic hydroxyl groups is 1. The first kappa shape index (κ1) is 13.3. The Morgan fingerprint density at radius 2 is 2.06 bits per heavy atom. The number of aliphatic hydroxyl groups excluding tert-OH is 1. The van der Waals surface area contributed by atoms with Gasteiger partial charge in [-0.3, -0.25) is 0 Å². The minimum atomic E-state index is -0.464. The molecule has 16 heavy (non-hydrogen) atoms. The molecular formula is C11H22N2O3. The normalized spacial score (nSPS) is 25.5. The Morgan fingerprint density at radius 1 is 1.44 bits per heavy atom. The van der Waals surface area contributed by atoms with E-state index >= 15 is 0 Å². The van der Waals surface area contributed by atoms with E-state index in [2.05, 4.69) is 10.6 Å². The molecule has 1 aliphatic heterocycles. The molecule has 2 atom stereocenters. The highest BCUT2D eigenvalue weighted by molar-refractivity contribution is 5.67. The first-order valence-corrected chi connectivity index (χ1v) is 5.71. The van der Waals surface area contributed by atoms with Gasteiger partial charge in [0.15, 0.2) is 0 Å². The van der Waals surface area contributed by atoms with Gasteiger partial charge < -0.3 is 20.5 Å². The minimum Gasteiger partial charge on any atom is -0.444 e. The summed E-state index contributed by atoms with van der Waals surface area (Å²) >= 11 is 0. The molecule has 0 aromatic heterocycles. The van der Waals surface area contributed by atoms with Gasteiger partial charge in [-0.15, -0.1) is 0 Å². The fourth-order valence-corrected chi connectivity index (χ4v) is 1.77. The van der Waals surface area contributed by atoms with Crippen molar-refractivity contribution in [2.24, 2.45) is 11.8 Å². The number of carbonyl (C=O) groups excluding carboxylic acids is 1. The van der Waals surface area contributed by atoms with Crippen molar-refractivity contribution in [3.63, 3.8) is 0 Å². The molecular weight excluding hydrogens is 208 g/mol. The largest absolute Gasteiger partial charge is 0.444 e. The lowest BCUT2D eigenvalue weighted by Crippen LogP contribution is -2.37. The molecule has 0 radical (unpaired) electrons. The van der Waals surface area contributed by atoms with Crippen LogP contribution in [0.1, 0.15) is 20.8 Å². The quantitative estimate of drug-likeness (QED) is 0.654. The molecule has 0 aliphatic carbocycles. The van der Waals surface area contributed by atoms with Gasteiger partial charge in [-0.25, -0.2) is 4.79 Å². The molecule has 0 spiro atoms. The van der Waals surface area contributed by atoms with Gasteiger partial charge in [-0.05, 0) is 26.7 Å². The van der Waals surface area contributed by atoms with Gasteiger partial charge in [-0.2, -0.15) is 0 Å². The topological polar surface area (TPSA) is 70.6 Å². The van der Waals surface area contributed by atoms with E-state index in [9.17, 15) is 4.79 Å². The van der Waals surface area contributed by atoms with E-state index in [1.54, 1.807) is 0 Å². The van der Waals surface area contributed by atoms with Crippen LogP contribution in [-0.4, -0.2) is 43.0 Å². The van der Waals surface area contributed by atoms with Crippen LogP contribution in [0.3, 0.4) is 0 Å². The fraction of sp³-hybridized carbons (Fsp3) is 0.909. The molecule has 0 saturated carbocycles. The van der Waals surface area contributed by atoms with Crippen LogP contribution < -0.4 is 10.6 Å². The average Bonchev–Trinajstić information content (AvgIpc) is 2.59. The van der Waals surface area contributed by atoms with Crippen molar-refractivity contribution in [3.05, 3.63) is 0 Å². The number of ether oxygens (including phenoxy) is 1. The second kappa shape index (κ2) is 5.50. The van der Waals surface area contributed by atoms with Crippen LogP contribution in [0.5, 0.6) is 0 Å². The van der Waals surface area contributed by atoms with Crippen LogP contribution >= 0.6 is 0 Å². The maximum atomic E-state index is 11.4. The Hall–Kier alpha value is -0.810. The third-order valence-electron chi connectivity index (χ3n) is 2.62. The second-order valence-electron chi connectivity index (χ2n) is 5.24. The lowest BCUT2D eigenvalue weighted by molar-refractivity contribution is 0.0513. The number of amides is 1. The van der Waals surface area contributed by atoms with Crippen molar-refractivity contribution in [1.82, 2.24) is 10.6 Å². The van der Waals surface area contributed by atoms with Crippen molar-refractivity contribution in [3.8, 4) is 0 Å². The van der Waals surface area contributed by atoms with Crippen LogP contribution in [-0.2, 0) is 4.74 Å². The number of rotatable bonds is 3. The highest BCUT2D eigenvalue weighted by Gasteiger charge is 2.27. The summed E-state index contributed by atoms with van der Waals surface area (Å²) in [6, 6.07) is 0. The molecule has 0 unspecified atom stereocenters. The van der Waals surface area contributed by atoms with Gasteiger partial charge in [0.1, 0.15) is 5.60 Å². The zero-order valence-electron chi connectivity index (χ0n) is 10.2. The zero-order chi connectivity index (χ0) is 12.2. The molecule has 1 saturated heterocycles. The molecule has 0 bridgehead atoms. The summed E-state index contributed by atoms with van der Waals surface area (Å²) in [4.78, 5) is 11.4. The van der Waals surface area contributed by atoms with Gasteiger partial charge in [0.2, 0.25) is 0 Å². The molecule has 1 rings (SSSR count). The third kappa shape index (κ3) is 4.37. The first-order valence-electron chi connectivity index (χ1n) is 5.71. The van der Waals surface area contributed by atoms with Crippen molar-refractivity contribution in [2.45, 2.75) is 26.4 Å². The van der Waals surface area contributed by atoms with E-state index in [1.165, 1.54) is 0 Å². The van der Waals surface area contributed by atoms with Gasteiger partial charge in [-0.1, -0.05) is 0 Å². The van der Waals surface area contributed by atoms with Gasteiger partial charge in [0.25, 0.3) is 0 Å². The standard InChI is InChI=1S/C11H22N2O3/c1-11(2,3)16-10(15)13-6-8-4-12-5-9(8)7-14/h8-9,12,14H,4-7H2,1-3H3,(H,13,15)/t8-,9+/m0/s1. The van der Waals surface area contributed by atoms with Crippen LogP contribution in [0.2, 0.25) is 0 Å². The van der Waals surface area contributed by atoms with E-state index < -0.39 is 11.7 Å². The molecule has 1 fully saturated rings. The van der Waals surface area contributed by atoms with Gasteiger partial charge in [0, 0.05) is 32.2 Å². The number of carbonyl (C=O) groups is 1. The van der Waals surface area contributed by atoms with Crippen molar-refractivity contribution in [1.29, 1.82) is 0 Å². The van der Waals surface area contributed by atoms with Crippen molar-refractivity contribution < 1.29 is 14.6 Å². The summed E-state index contributed by atoms with van der Waals surface area (Å²) in [5.41, 5.74) is -0.464. The highest BCUT2D eigenvalue weighted by Crippen LogP contribution is 2.15. The molecule has 3 N–H and O–H groups in total. The van der Waals surface area contributed by atoms with Crippen LogP contribution in [0.15, 0.2) is 0 Å². The Morgan fingerprint density at radius 3 is 2.62 bits per heavy atom. The summed E-state index contributed by atoms with van der Waals surface area (Å²) in [5, 5.41) is 15.0. The molecule has 94 valence electrons. The number of nitrogens with one attached hydrogen (secondary N) is 2. The Labute approximate surface area is 96.6 Å². The smallest absolute Gasteiger partial charge is 0.407 e. The Balaban J connectivity index is 2.26. The molecule has 0 aromatic rings. The van der Waals surface area contributed by atoms with Crippen molar-refractivity contribution in [2.75, 3.05) is 26.2 Å². The van der Waals surface area contributed by atoms with Crippen molar-refractivity contribution >= 4 is 6.09 Å². The summed E-state index contributed by atoms with van der Waals surface area (Å²) in [7, 11) is 0. The highest BCUT2D eigenvalue weighted by atomic mass is 16.6. The second-order valence-corrected chi connectivity index (χ2v) is 5.24. The van der Waals surface area contributed by atoms with Crippen LogP contribution in [0, 0.1) is 11.8 Å². The van der Waals surface area contributed by atoms with Crippen LogP contribution in [0.25, 0.3) is 0 Å². The molecule has 1 heterocycles. The lowest BCUT2D eigenvalue weighted by atomic mass is 9.97. The summed E-state index contributed by atoms with van der Waals surface area (Å²) in [6.07, 6.45) is -0.393. The molecule has 5 heteroatoms. The minimum absolute atomic E-state index is 0.160. The monoisotopic (exact) mass is 230 g/mol. The van der Waals surface area contributed by atoms with E-state index in [4.69, 9.17) is 9.84 Å². The molecule has 1 amide bonds. The number of alkyl carbamates (subject to hydrolysis) is 1. The first-order chi connectivity index (χ1) is 7.42. The average molecular weight is 230 g/mol. The SMILES string of the molecule is CC(C)(C)OC(=O)NC[C@@H]1CNC[C@@H]1CO. The number of hydrogen-bond acceptors (Lipinski definition) is 4. The zero-order valence-corrected chi connectivity index (χ0v) is 10.2. The predicted octanol–water partition coefficient (Wildman–Crippen LogP) is 0.339. The van der Waals surface area contributed by atoms with E-state index in [0.717, 1.165) is 13.1 Å². The van der Waals surface area contributed by atoms with E-state index in [-0.39, 0.29) is 18.4 Å². The number of hydrogen-bond donors (Lipinski definition) is 3. The summed E-state index contributed by atoms with van der Waals surface area (Å²) in [5.74, 6) is 0.521. The third-order valence-corrected chi connectivity index (χ3v) is 2.62. The lowest BCUT2D eigenvalue weighted by Gasteiger charge is -2.21. The predicted molar refractivity (Wildman–Crippen MR) is 61.2 cm³/mol. The van der Waals surface area contributed by atoms with Gasteiger partial charge >= 0.3 is 6.09 Å². The van der Waals surface area contributed by atoms with Gasteiger partial charge in [0.05, 0.1) is 0 Å². The maximum absolute atomic E-state index is 11.4. The molecule has 1 aliphatic rings. The van der Waals surface area contributed by atoms with E-state index in [1.807, 2.05) is 20.8 Å². The molecule has 0 aromatic carbocycles. The molecule has 5 nitrogen and oxygen atoms in total. The summed E-state index contributed by atoms with van der Waals surface area (Å²) < 4.78 is 5.13. The van der Waals surface area contributed by atoms with Crippen LogP contribution in [0.4, 0.5) is 4.79 Å². The Bertz CT molecular complexity index is 238. The summed E-state index contributed by atoms with van der Waals surface area (Å²) in [6.45, 7) is 7.86. The fourth-order valence-electron chi connectivity index (χ4n) is 1.77.